The first kappa shape index (κ1) is 10.4. The highest BCUT2D eigenvalue weighted by atomic mass is 35.5. The first-order valence-electron chi connectivity index (χ1n) is 4.25. The quantitative estimate of drug-likeness (QED) is 0.738. The maximum absolute atomic E-state index is 9.30. The van der Waals surface area contributed by atoms with Crippen LogP contribution in [0.25, 0.3) is 0 Å². The zero-order valence-corrected chi connectivity index (χ0v) is 8.07. The van der Waals surface area contributed by atoms with Crippen LogP contribution < -0.4 is 4.74 Å². The molecule has 0 bridgehead atoms. The lowest BCUT2D eigenvalue weighted by Crippen LogP contribution is -2.17. The van der Waals surface area contributed by atoms with Crippen molar-refractivity contribution in [1.29, 1.82) is 0 Å². The van der Waals surface area contributed by atoms with E-state index in [4.69, 9.17) is 16.3 Å². The van der Waals surface area contributed by atoms with E-state index >= 15 is 0 Å². The van der Waals surface area contributed by atoms with Crippen LogP contribution in [0.4, 0.5) is 0 Å². The maximum Gasteiger partial charge on any atom is 0.119 e. The molecule has 0 heterocycles. The lowest BCUT2D eigenvalue weighted by Gasteiger charge is -2.10. The van der Waals surface area contributed by atoms with E-state index in [1.54, 1.807) is 0 Å². The summed E-state index contributed by atoms with van der Waals surface area (Å²) in [6, 6.07) is 9.41. The van der Waals surface area contributed by atoms with Crippen molar-refractivity contribution < 1.29 is 9.84 Å². The molecule has 0 aliphatic rings. The number of halogens is 1. The van der Waals surface area contributed by atoms with Gasteiger partial charge in [0.1, 0.15) is 12.4 Å². The van der Waals surface area contributed by atoms with Gasteiger partial charge in [0, 0.05) is 5.88 Å². The fourth-order valence-electron chi connectivity index (χ4n) is 0.918. The summed E-state index contributed by atoms with van der Waals surface area (Å²) in [6.45, 7) is 0.302. The predicted octanol–water partition coefficient (Wildman–Crippen LogP) is 2.06. The Balaban J connectivity index is 2.27. The Morgan fingerprint density at radius 3 is 2.62 bits per heavy atom. The van der Waals surface area contributed by atoms with E-state index in [-0.39, 0.29) is 0 Å². The molecule has 0 saturated heterocycles. The number of aliphatic hydroxyl groups is 1. The molecule has 0 spiro atoms. The predicted molar refractivity (Wildman–Crippen MR) is 53.3 cm³/mol. The van der Waals surface area contributed by atoms with Crippen LogP contribution in [0.1, 0.15) is 6.42 Å². The van der Waals surface area contributed by atoms with Crippen molar-refractivity contribution in [2.24, 2.45) is 0 Å². The van der Waals surface area contributed by atoms with Crippen molar-refractivity contribution in [3.63, 3.8) is 0 Å². The molecule has 0 aliphatic heterocycles. The smallest absolute Gasteiger partial charge is 0.119 e. The third-order valence-electron chi connectivity index (χ3n) is 1.63. The van der Waals surface area contributed by atoms with Crippen molar-refractivity contribution in [3.8, 4) is 5.75 Å². The number of rotatable bonds is 5. The van der Waals surface area contributed by atoms with Gasteiger partial charge in [0.25, 0.3) is 0 Å². The molecular weight excluding hydrogens is 188 g/mol. The van der Waals surface area contributed by atoms with Crippen LogP contribution in [-0.4, -0.2) is 23.7 Å². The second-order valence-corrected chi connectivity index (χ2v) is 3.13. The van der Waals surface area contributed by atoms with Gasteiger partial charge in [0.15, 0.2) is 0 Å². The standard InChI is InChI=1S/C10H13ClO2/c11-7-6-9(12)8-13-10-4-2-1-3-5-10/h1-5,9,12H,6-8H2. The molecular formula is C10H13ClO2. The van der Waals surface area contributed by atoms with Crippen LogP contribution in [0.2, 0.25) is 0 Å². The van der Waals surface area contributed by atoms with Gasteiger partial charge in [-0.3, -0.25) is 0 Å². The van der Waals surface area contributed by atoms with Crippen LogP contribution >= 0.6 is 11.6 Å². The Bertz CT molecular complexity index is 226. The van der Waals surface area contributed by atoms with Gasteiger partial charge in [0.05, 0.1) is 6.10 Å². The number of alkyl halides is 1. The SMILES string of the molecule is OC(CCCl)COc1ccccc1. The first-order valence-corrected chi connectivity index (χ1v) is 4.78. The van der Waals surface area contributed by atoms with Crippen molar-refractivity contribution in [2.75, 3.05) is 12.5 Å². The second-order valence-electron chi connectivity index (χ2n) is 2.76. The van der Waals surface area contributed by atoms with Crippen molar-refractivity contribution in [3.05, 3.63) is 30.3 Å². The highest BCUT2D eigenvalue weighted by Crippen LogP contribution is 2.09. The van der Waals surface area contributed by atoms with E-state index in [9.17, 15) is 5.11 Å². The van der Waals surface area contributed by atoms with Gasteiger partial charge in [0.2, 0.25) is 0 Å². The minimum absolute atomic E-state index is 0.302. The highest BCUT2D eigenvalue weighted by molar-refractivity contribution is 6.17. The van der Waals surface area contributed by atoms with Gasteiger partial charge in [-0.1, -0.05) is 18.2 Å². The molecule has 1 unspecified atom stereocenters. The largest absolute Gasteiger partial charge is 0.491 e. The normalized spacial score (nSPS) is 12.5. The van der Waals surface area contributed by atoms with E-state index in [0.717, 1.165) is 5.75 Å². The third kappa shape index (κ3) is 4.15. The average Bonchev–Trinajstić information content (AvgIpc) is 2.17. The summed E-state index contributed by atoms with van der Waals surface area (Å²) in [6.07, 6.45) is 0.0895. The zero-order chi connectivity index (χ0) is 9.52. The molecule has 72 valence electrons. The van der Waals surface area contributed by atoms with E-state index in [2.05, 4.69) is 0 Å². The second kappa shape index (κ2) is 5.84. The molecule has 3 heteroatoms. The molecule has 1 N–H and O–H groups in total. The van der Waals surface area contributed by atoms with E-state index in [0.29, 0.717) is 18.9 Å². The minimum Gasteiger partial charge on any atom is -0.491 e. The van der Waals surface area contributed by atoms with Gasteiger partial charge >= 0.3 is 0 Å². The van der Waals surface area contributed by atoms with Crippen LogP contribution in [0.5, 0.6) is 5.75 Å². The molecule has 0 aromatic heterocycles. The lowest BCUT2D eigenvalue weighted by atomic mass is 10.3. The first-order chi connectivity index (χ1) is 6.33. The number of benzene rings is 1. The van der Waals surface area contributed by atoms with Crippen LogP contribution in [0.15, 0.2) is 30.3 Å². The molecule has 2 nitrogen and oxygen atoms in total. The number of ether oxygens (including phenoxy) is 1. The number of para-hydroxylation sites is 1. The highest BCUT2D eigenvalue weighted by Gasteiger charge is 2.03. The van der Waals surface area contributed by atoms with Crippen LogP contribution in [-0.2, 0) is 0 Å². The van der Waals surface area contributed by atoms with Gasteiger partial charge in [-0.05, 0) is 18.6 Å². The van der Waals surface area contributed by atoms with Gasteiger partial charge in [-0.25, -0.2) is 0 Å². The Morgan fingerprint density at radius 1 is 1.31 bits per heavy atom. The summed E-state index contributed by atoms with van der Waals surface area (Å²) < 4.78 is 5.31. The summed E-state index contributed by atoms with van der Waals surface area (Å²) in [7, 11) is 0. The molecule has 0 amide bonds. The van der Waals surface area contributed by atoms with Crippen LogP contribution in [0.3, 0.4) is 0 Å². The molecule has 1 aromatic carbocycles. The summed E-state index contributed by atoms with van der Waals surface area (Å²) in [5.41, 5.74) is 0. The Labute approximate surface area is 83.1 Å². The number of hydrogen-bond acceptors (Lipinski definition) is 2. The summed E-state index contributed by atoms with van der Waals surface area (Å²) in [5, 5.41) is 9.30. The molecule has 0 fully saturated rings. The molecule has 1 aromatic rings. The zero-order valence-electron chi connectivity index (χ0n) is 7.32. The Morgan fingerprint density at radius 2 is 2.00 bits per heavy atom. The maximum atomic E-state index is 9.30. The lowest BCUT2D eigenvalue weighted by molar-refractivity contribution is 0.105. The number of hydrogen-bond donors (Lipinski definition) is 1. The van der Waals surface area contributed by atoms with Crippen molar-refractivity contribution in [2.45, 2.75) is 12.5 Å². The molecule has 0 radical (unpaired) electrons. The summed E-state index contributed by atoms with van der Waals surface area (Å²) in [5.74, 6) is 1.23. The molecule has 0 aliphatic carbocycles. The summed E-state index contributed by atoms with van der Waals surface area (Å²) in [4.78, 5) is 0. The van der Waals surface area contributed by atoms with Gasteiger partial charge < -0.3 is 9.84 Å². The molecule has 1 rings (SSSR count). The fraction of sp³-hybridized carbons (Fsp3) is 0.400. The minimum atomic E-state index is -0.474. The van der Waals surface area contributed by atoms with Crippen LogP contribution in [0, 0.1) is 0 Å². The van der Waals surface area contributed by atoms with E-state index in [1.165, 1.54) is 0 Å². The topological polar surface area (TPSA) is 29.5 Å². The van der Waals surface area contributed by atoms with E-state index < -0.39 is 6.10 Å². The molecule has 1 atom stereocenters. The third-order valence-corrected chi connectivity index (χ3v) is 1.85. The van der Waals surface area contributed by atoms with Gasteiger partial charge in [-0.15, -0.1) is 11.6 Å². The molecule has 13 heavy (non-hydrogen) atoms. The number of aliphatic hydroxyl groups excluding tert-OH is 1. The average molecular weight is 201 g/mol. The van der Waals surface area contributed by atoms with Gasteiger partial charge in [-0.2, -0.15) is 0 Å². The Hall–Kier alpha value is -0.730. The van der Waals surface area contributed by atoms with Crippen molar-refractivity contribution >= 4 is 11.6 Å². The van der Waals surface area contributed by atoms with Crippen molar-refractivity contribution in [1.82, 2.24) is 0 Å². The Kier molecular flexibility index (Phi) is 4.65. The summed E-state index contributed by atoms with van der Waals surface area (Å²) >= 11 is 5.46. The molecule has 0 saturated carbocycles. The monoisotopic (exact) mass is 200 g/mol. The van der Waals surface area contributed by atoms with E-state index in [1.807, 2.05) is 30.3 Å². The fourth-order valence-corrected chi connectivity index (χ4v) is 1.17.